The van der Waals surface area contributed by atoms with Crippen LogP contribution in [-0.2, 0) is 11.2 Å². The lowest BCUT2D eigenvalue weighted by atomic mass is 9.88. The Morgan fingerprint density at radius 3 is 2.85 bits per heavy atom. The molecule has 0 aromatic heterocycles. The van der Waals surface area contributed by atoms with Gasteiger partial charge >= 0.3 is 0 Å². The third-order valence-corrected chi connectivity index (χ3v) is 5.00. The van der Waals surface area contributed by atoms with Crippen LogP contribution in [0, 0.1) is 5.92 Å². The number of benzene rings is 1. The Kier molecular flexibility index (Phi) is 4.74. The van der Waals surface area contributed by atoms with Crippen molar-refractivity contribution in [3.63, 3.8) is 0 Å². The van der Waals surface area contributed by atoms with Gasteiger partial charge in [0.1, 0.15) is 0 Å². The maximum atomic E-state index is 6.10. The number of ether oxygens (including phenoxy) is 1. The summed E-state index contributed by atoms with van der Waals surface area (Å²) in [5.41, 5.74) is 2.92. The summed E-state index contributed by atoms with van der Waals surface area (Å²) in [5, 5.41) is 3.72. The summed E-state index contributed by atoms with van der Waals surface area (Å²) in [6.07, 6.45) is 8.11. The van der Waals surface area contributed by atoms with Crippen LogP contribution in [0.15, 0.2) is 24.3 Å². The first-order valence-corrected chi connectivity index (χ1v) is 8.31. The van der Waals surface area contributed by atoms with Crippen LogP contribution in [0.5, 0.6) is 0 Å². The number of rotatable bonds is 5. The van der Waals surface area contributed by atoms with Crippen LogP contribution < -0.4 is 5.32 Å². The summed E-state index contributed by atoms with van der Waals surface area (Å²) in [4.78, 5) is 0. The molecule has 1 N–H and O–H groups in total. The largest absolute Gasteiger partial charge is 0.373 e. The molecule has 0 radical (unpaired) electrons. The Labute approximate surface area is 122 Å². The van der Waals surface area contributed by atoms with Gasteiger partial charge in [0.15, 0.2) is 0 Å². The van der Waals surface area contributed by atoms with E-state index in [1.54, 1.807) is 0 Å². The Hall–Kier alpha value is -0.860. The number of hydrogen-bond acceptors (Lipinski definition) is 2. The molecule has 3 rings (SSSR count). The fourth-order valence-electron chi connectivity index (χ4n) is 3.97. The molecular formula is C18H27NO. The molecule has 2 unspecified atom stereocenters. The van der Waals surface area contributed by atoms with Crippen LogP contribution in [-0.4, -0.2) is 19.2 Å². The maximum absolute atomic E-state index is 6.10. The first kappa shape index (κ1) is 14.1. The van der Waals surface area contributed by atoms with Gasteiger partial charge in [0.05, 0.1) is 12.7 Å². The van der Waals surface area contributed by atoms with E-state index in [0.29, 0.717) is 12.1 Å². The number of fused-ring (bicyclic) bond motifs is 1. The highest BCUT2D eigenvalue weighted by molar-refractivity contribution is 5.31. The highest BCUT2D eigenvalue weighted by atomic mass is 16.5. The van der Waals surface area contributed by atoms with Crippen LogP contribution in [0.1, 0.15) is 56.3 Å². The predicted octanol–water partition coefficient (Wildman–Crippen LogP) is 3.86. The van der Waals surface area contributed by atoms with E-state index >= 15 is 0 Å². The average molecular weight is 273 g/mol. The van der Waals surface area contributed by atoms with E-state index in [9.17, 15) is 0 Å². The second kappa shape index (κ2) is 6.73. The molecule has 1 aromatic carbocycles. The van der Waals surface area contributed by atoms with Crippen molar-refractivity contribution in [2.75, 3.05) is 13.2 Å². The normalized spacial score (nSPS) is 24.6. The van der Waals surface area contributed by atoms with Crippen molar-refractivity contribution in [3.8, 4) is 0 Å². The van der Waals surface area contributed by atoms with Gasteiger partial charge in [-0.3, -0.25) is 0 Å². The van der Waals surface area contributed by atoms with E-state index < -0.39 is 0 Å². The van der Waals surface area contributed by atoms with Crippen molar-refractivity contribution >= 4 is 0 Å². The van der Waals surface area contributed by atoms with Crippen molar-refractivity contribution in [1.29, 1.82) is 0 Å². The van der Waals surface area contributed by atoms with Gasteiger partial charge in [-0.1, -0.05) is 44.0 Å². The van der Waals surface area contributed by atoms with Gasteiger partial charge in [0.2, 0.25) is 0 Å². The molecule has 0 amide bonds. The molecule has 1 saturated carbocycles. The van der Waals surface area contributed by atoms with Crippen LogP contribution in [0.3, 0.4) is 0 Å². The first-order valence-electron chi connectivity index (χ1n) is 8.31. The van der Waals surface area contributed by atoms with Crippen molar-refractivity contribution in [1.82, 2.24) is 5.32 Å². The molecule has 2 atom stereocenters. The molecule has 0 bridgehead atoms. The van der Waals surface area contributed by atoms with Crippen molar-refractivity contribution < 1.29 is 4.74 Å². The molecular weight excluding hydrogens is 246 g/mol. The van der Waals surface area contributed by atoms with E-state index in [1.165, 1.54) is 36.8 Å². The SMILES string of the molecule is CCNC(CC1OCCc2ccccc21)C1CCCC1. The zero-order chi connectivity index (χ0) is 13.8. The lowest BCUT2D eigenvalue weighted by Crippen LogP contribution is -2.37. The maximum Gasteiger partial charge on any atom is 0.0842 e. The molecule has 1 aliphatic carbocycles. The average Bonchev–Trinajstić information content (AvgIpc) is 3.01. The number of hydrogen-bond donors (Lipinski definition) is 1. The van der Waals surface area contributed by atoms with Gasteiger partial charge in [-0.15, -0.1) is 0 Å². The quantitative estimate of drug-likeness (QED) is 0.879. The van der Waals surface area contributed by atoms with Crippen molar-refractivity contribution in [2.45, 2.75) is 57.6 Å². The standard InChI is InChI=1S/C18H27NO/c1-2-19-17(15-8-3-4-9-15)13-18-16-10-6-5-7-14(16)11-12-20-18/h5-7,10,15,17-19H,2-4,8-9,11-13H2,1H3. The topological polar surface area (TPSA) is 21.3 Å². The minimum atomic E-state index is 0.296. The third-order valence-electron chi connectivity index (χ3n) is 5.00. The molecule has 20 heavy (non-hydrogen) atoms. The molecule has 110 valence electrons. The van der Waals surface area contributed by atoms with E-state index in [-0.39, 0.29) is 0 Å². The Morgan fingerprint density at radius 1 is 1.25 bits per heavy atom. The summed E-state index contributed by atoms with van der Waals surface area (Å²) in [7, 11) is 0. The third kappa shape index (κ3) is 3.07. The molecule has 1 aliphatic heterocycles. The first-order chi connectivity index (χ1) is 9.88. The Bertz CT molecular complexity index is 425. The molecule has 1 aromatic rings. The van der Waals surface area contributed by atoms with Crippen LogP contribution in [0.4, 0.5) is 0 Å². The van der Waals surface area contributed by atoms with E-state index in [2.05, 4.69) is 36.5 Å². The molecule has 2 heteroatoms. The fourth-order valence-corrected chi connectivity index (χ4v) is 3.97. The lowest BCUT2D eigenvalue weighted by Gasteiger charge is -2.32. The molecule has 2 aliphatic rings. The monoisotopic (exact) mass is 273 g/mol. The Morgan fingerprint density at radius 2 is 2.05 bits per heavy atom. The van der Waals surface area contributed by atoms with Crippen LogP contribution >= 0.6 is 0 Å². The summed E-state index contributed by atoms with van der Waals surface area (Å²) in [6.45, 7) is 4.17. The fraction of sp³-hybridized carbons (Fsp3) is 0.667. The molecule has 1 fully saturated rings. The van der Waals surface area contributed by atoms with Crippen LogP contribution in [0.2, 0.25) is 0 Å². The zero-order valence-electron chi connectivity index (χ0n) is 12.6. The number of nitrogens with one attached hydrogen (secondary N) is 1. The molecule has 2 nitrogen and oxygen atoms in total. The van der Waals surface area contributed by atoms with E-state index in [0.717, 1.165) is 31.9 Å². The smallest absolute Gasteiger partial charge is 0.0842 e. The van der Waals surface area contributed by atoms with Gasteiger partial charge in [0, 0.05) is 6.04 Å². The van der Waals surface area contributed by atoms with Crippen molar-refractivity contribution in [2.24, 2.45) is 5.92 Å². The van der Waals surface area contributed by atoms with Gasteiger partial charge in [-0.05, 0) is 49.3 Å². The summed E-state index contributed by atoms with van der Waals surface area (Å²) < 4.78 is 6.10. The van der Waals surface area contributed by atoms with Gasteiger partial charge in [-0.25, -0.2) is 0 Å². The predicted molar refractivity (Wildman–Crippen MR) is 82.9 cm³/mol. The van der Waals surface area contributed by atoms with Gasteiger partial charge < -0.3 is 10.1 Å². The lowest BCUT2D eigenvalue weighted by molar-refractivity contribution is 0.0247. The summed E-state index contributed by atoms with van der Waals surface area (Å²) in [6, 6.07) is 9.45. The van der Waals surface area contributed by atoms with Gasteiger partial charge in [0.25, 0.3) is 0 Å². The van der Waals surface area contributed by atoms with E-state index in [1.807, 2.05) is 0 Å². The minimum absolute atomic E-state index is 0.296. The molecule has 0 saturated heterocycles. The molecule has 0 spiro atoms. The highest BCUT2D eigenvalue weighted by Crippen LogP contribution is 2.35. The second-order valence-electron chi connectivity index (χ2n) is 6.25. The van der Waals surface area contributed by atoms with Crippen LogP contribution in [0.25, 0.3) is 0 Å². The molecule has 1 heterocycles. The summed E-state index contributed by atoms with van der Waals surface area (Å²) in [5.74, 6) is 0.854. The van der Waals surface area contributed by atoms with Crippen molar-refractivity contribution in [3.05, 3.63) is 35.4 Å². The Balaban J connectivity index is 1.72. The van der Waals surface area contributed by atoms with E-state index in [4.69, 9.17) is 4.74 Å². The zero-order valence-corrected chi connectivity index (χ0v) is 12.6. The minimum Gasteiger partial charge on any atom is -0.373 e. The van der Waals surface area contributed by atoms with Gasteiger partial charge in [-0.2, -0.15) is 0 Å². The second-order valence-corrected chi connectivity index (χ2v) is 6.25. The summed E-state index contributed by atoms with van der Waals surface area (Å²) >= 11 is 0. The highest BCUT2D eigenvalue weighted by Gasteiger charge is 2.29.